The van der Waals surface area contributed by atoms with Crippen molar-refractivity contribution in [1.82, 2.24) is 0 Å². The fourth-order valence-electron chi connectivity index (χ4n) is 18.3. The molecular weight excluding hydrogens is 841 g/mol. The van der Waals surface area contributed by atoms with Gasteiger partial charge in [-0.05, 0) is 164 Å². The molecular formula is C58H72O9. The molecule has 67 heavy (non-hydrogen) atoms. The van der Waals surface area contributed by atoms with Crippen LogP contribution in [0, 0.1) is 68.0 Å². The number of fused-ring (bicyclic) bond motifs is 17. The molecule has 6 fully saturated rings. The SMILES string of the molecule is COC(=O)[C@@]1(C)C[C@@H]2[C@@](C)(CC[C@]3(C)C4=CC(=O)c5c(cc6c(c5C)O[C@@]5(C)C7=CC=C8[C@@](C)(CC[C@@]9(C)[C@@H]%10C[C@@H](C)C(=O)C[C@]%10(C)CC[C@]89C)C7=CC(=O)[C@@]5(O)O6)[C@]4(C)CC[C@@]23C)CC1=O. The van der Waals surface area contributed by atoms with E-state index in [1.807, 2.05) is 19.1 Å². The van der Waals surface area contributed by atoms with Crippen LogP contribution >= 0.6 is 0 Å². The highest BCUT2D eigenvalue weighted by Gasteiger charge is 2.72. The molecule has 1 N–H and O–H groups in total. The molecule has 1 aromatic rings. The number of rotatable bonds is 1. The standard InChI is InChI=1S/C58H72O9/c1-31-24-40-48(3,28-37(31)60)16-20-53(8)39-15-14-33-34(50(39,5)18-22-54(40,53)9)26-43(61)58(64)57(33,12)67-46-32(2)45-35(25-38(46)66-58)51(6)19-23-56(11)42-29-52(7,47(63)65-13)44(62)30-49(42,4)17-21-55(56,10)41(51)27-36(45)59/h14-15,25-27,31,40,42,64H,16-24,28-30H2,1-13H3/t31-,40-,42-,48+,49+,50+,51+,52+,53-,54+,55-,56+,57+,58-/m1/s1. The van der Waals surface area contributed by atoms with Crippen LogP contribution in [0.3, 0.4) is 0 Å². The number of methoxy groups -OCH3 is 1. The van der Waals surface area contributed by atoms with Crippen molar-refractivity contribution in [3.63, 3.8) is 0 Å². The fourth-order valence-corrected chi connectivity index (χ4v) is 18.3. The van der Waals surface area contributed by atoms with Gasteiger partial charge in [0.25, 0.3) is 0 Å². The molecule has 0 unspecified atom stereocenters. The second kappa shape index (κ2) is 13.0. The molecule has 0 bridgehead atoms. The molecule has 1 heterocycles. The summed E-state index contributed by atoms with van der Waals surface area (Å²) >= 11 is 0. The highest BCUT2D eigenvalue weighted by molar-refractivity contribution is 6.10. The Morgan fingerprint density at radius 1 is 0.716 bits per heavy atom. The van der Waals surface area contributed by atoms with Crippen molar-refractivity contribution in [3.8, 4) is 11.5 Å². The van der Waals surface area contributed by atoms with Gasteiger partial charge < -0.3 is 19.3 Å². The lowest BCUT2D eigenvalue weighted by Gasteiger charge is -2.69. The van der Waals surface area contributed by atoms with Gasteiger partial charge >= 0.3 is 11.8 Å². The summed E-state index contributed by atoms with van der Waals surface area (Å²) in [5, 5.41) is 12.8. The summed E-state index contributed by atoms with van der Waals surface area (Å²) < 4.78 is 19.1. The van der Waals surface area contributed by atoms with E-state index < -0.39 is 44.8 Å². The highest BCUT2D eigenvalue weighted by Crippen LogP contribution is 2.77. The van der Waals surface area contributed by atoms with Gasteiger partial charge in [-0.25, -0.2) is 0 Å². The predicted molar refractivity (Wildman–Crippen MR) is 253 cm³/mol. The molecule has 9 heteroatoms. The van der Waals surface area contributed by atoms with Crippen molar-refractivity contribution in [1.29, 1.82) is 0 Å². The topological polar surface area (TPSA) is 133 Å². The van der Waals surface area contributed by atoms with E-state index in [0.29, 0.717) is 59.8 Å². The van der Waals surface area contributed by atoms with Gasteiger partial charge in [-0.15, -0.1) is 0 Å². The summed E-state index contributed by atoms with van der Waals surface area (Å²) in [5.74, 6) is -2.09. The Labute approximate surface area is 397 Å². The molecule has 0 saturated heterocycles. The van der Waals surface area contributed by atoms with Crippen molar-refractivity contribution in [2.45, 2.75) is 177 Å². The van der Waals surface area contributed by atoms with Crippen LogP contribution in [0.2, 0.25) is 0 Å². The zero-order valence-corrected chi connectivity index (χ0v) is 42.3. The number of ketones is 4. The number of esters is 1. The first-order chi connectivity index (χ1) is 31.0. The quantitative estimate of drug-likeness (QED) is 0.216. The summed E-state index contributed by atoms with van der Waals surface area (Å²) in [7, 11) is 1.36. The number of ether oxygens (including phenoxy) is 3. The van der Waals surface area contributed by atoms with Crippen LogP contribution in [0.25, 0.3) is 0 Å². The van der Waals surface area contributed by atoms with Crippen LogP contribution in [-0.4, -0.2) is 52.7 Å². The van der Waals surface area contributed by atoms with Gasteiger partial charge in [0.05, 0.1) is 7.11 Å². The Morgan fingerprint density at radius 3 is 1.99 bits per heavy atom. The second-order valence-corrected chi connectivity index (χ2v) is 26.1. The first-order valence-corrected chi connectivity index (χ1v) is 25.4. The highest BCUT2D eigenvalue weighted by atomic mass is 16.7. The minimum absolute atomic E-state index is 0.0273. The van der Waals surface area contributed by atoms with Crippen molar-refractivity contribution in [2.24, 2.45) is 61.1 Å². The van der Waals surface area contributed by atoms with Crippen molar-refractivity contribution >= 4 is 29.1 Å². The third-order valence-corrected chi connectivity index (χ3v) is 23.2. The first-order valence-electron chi connectivity index (χ1n) is 25.4. The van der Waals surface area contributed by atoms with E-state index >= 15 is 0 Å². The first kappa shape index (κ1) is 45.3. The van der Waals surface area contributed by atoms with E-state index in [2.05, 4.69) is 74.5 Å². The molecule has 6 saturated carbocycles. The van der Waals surface area contributed by atoms with Crippen LogP contribution in [0.15, 0.2) is 52.7 Å². The second-order valence-electron chi connectivity index (χ2n) is 26.1. The predicted octanol–water partition coefficient (Wildman–Crippen LogP) is 11.0. The lowest BCUT2D eigenvalue weighted by Crippen LogP contribution is -2.70. The number of hydrogen-bond donors (Lipinski definition) is 1. The molecule has 14 atom stereocenters. The van der Waals surface area contributed by atoms with Crippen LogP contribution in [0.5, 0.6) is 11.5 Å². The number of hydrogen-bond acceptors (Lipinski definition) is 9. The van der Waals surface area contributed by atoms with Crippen molar-refractivity contribution < 1.29 is 43.3 Å². The lowest BCUT2D eigenvalue weighted by molar-refractivity contribution is -0.231. The molecule has 9 aliphatic carbocycles. The summed E-state index contributed by atoms with van der Waals surface area (Å²) in [6.07, 6.45) is 16.9. The molecule has 0 amide bonds. The number of carbonyl (C=O) groups is 5. The van der Waals surface area contributed by atoms with Crippen LogP contribution < -0.4 is 9.47 Å². The lowest BCUT2D eigenvalue weighted by atomic mass is 9.34. The summed E-state index contributed by atoms with van der Waals surface area (Å²) in [6.45, 7) is 26.1. The molecule has 1 aromatic carbocycles. The fraction of sp³-hybridized carbons (Fsp3) is 0.672. The number of carbonyl (C=O) groups excluding carboxylic acids is 5. The van der Waals surface area contributed by atoms with E-state index in [0.717, 1.165) is 68.1 Å². The third-order valence-electron chi connectivity index (χ3n) is 23.2. The zero-order valence-electron chi connectivity index (χ0n) is 42.3. The zero-order chi connectivity index (χ0) is 48.5. The van der Waals surface area contributed by atoms with E-state index in [1.54, 1.807) is 19.9 Å². The smallest absolute Gasteiger partial charge is 0.319 e. The molecule has 0 radical (unpaired) electrons. The van der Waals surface area contributed by atoms with Crippen molar-refractivity contribution in [3.05, 3.63) is 69.4 Å². The van der Waals surface area contributed by atoms with E-state index in [9.17, 15) is 29.1 Å². The van der Waals surface area contributed by atoms with E-state index in [4.69, 9.17) is 14.2 Å². The average molecular weight is 913 g/mol. The van der Waals surface area contributed by atoms with Gasteiger partial charge in [-0.1, -0.05) is 80.0 Å². The molecule has 0 aromatic heterocycles. The van der Waals surface area contributed by atoms with Gasteiger partial charge in [-0.3, -0.25) is 24.0 Å². The van der Waals surface area contributed by atoms with E-state index in [1.165, 1.54) is 12.7 Å². The molecule has 10 aliphatic rings. The molecule has 358 valence electrons. The van der Waals surface area contributed by atoms with Crippen molar-refractivity contribution in [2.75, 3.05) is 7.11 Å². The maximum atomic E-state index is 14.9. The minimum atomic E-state index is -2.38. The summed E-state index contributed by atoms with van der Waals surface area (Å²) in [4.78, 5) is 69.9. The third kappa shape index (κ3) is 4.99. The minimum Gasteiger partial charge on any atom is -0.471 e. The Balaban J connectivity index is 0.976. The normalized spacial score (nSPS) is 49.0. The number of allylic oxidation sites excluding steroid dienone is 5. The Bertz CT molecular complexity index is 2720. The average Bonchev–Trinajstić information content (AvgIpc) is 3.26. The Hall–Kier alpha value is -4.11. The number of aliphatic hydroxyl groups is 1. The van der Waals surface area contributed by atoms with Crippen LogP contribution in [0.4, 0.5) is 0 Å². The molecule has 11 rings (SSSR count). The van der Waals surface area contributed by atoms with E-state index in [-0.39, 0.29) is 56.2 Å². The Kier molecular flexibility index (Phi) is 8.79. The maximum absolute atomic E-state index is 14.9. The largest absolute Gasteiger partial charge is 0.471 e. The van der Waals surface area contributed by atoms with Gasteiger partial charge in [0.1, 0.15) is 17.0 Å². The Morgan fingerprint density at radius 2 is 1.33 bits per heavy atom. The summed E-state index contributed by atoms with van der Waals surface area (Å²) in [5.41, 5.74) is 0.689. The van der Waals surface area contributed by atoms with Gasteiger partial charge in [0.2, 0.25) is 11.4 Å². The monoisotopic (exact) mass is 913 g/mol. The number of benzene rings is 1. The maximum Gasteiger partial charge on any atom is 0.319 e. The molecule has 0 spiro atoms. The van der Waals surface area contributed by atoms with Gasteiger partial charge in [0, 0.05) is 46.3 Å². The summed E-state index contributed by atoms with van der Waals surface area (Å²) in [6, 6.07) is 1.87. The van der Waals surface area contributed by atoms with Crippen LogP contribution in [0.1, 0.15) is 175 Å². The molecule has 1 aliphatic heterocycles. The van der Waals surface area contributed by atoms with Crippen LogP contribution in [-0.2, 0) is 29.3 Å². The number of Topliss-reactive ketones (excluding diaryl/α,β-unsaturated/α-hetero) is 2. The van der Waals surface area contributed by atoms with Gasteiger partial charge in [0.15, 0.2) is 17.3 Å². The van der Waals surface area contributed by atoms with Gasteiger partial charge in [-0.2, -0.15) is 0 Å². The molecule has 9 nitrogen and oxygen atoms in total.